The number of rotatable bonds is 4. The van der Waals surface area contributed by atoms with Gasteiger partial charge < -0.3 is 5.11 Å². The Hall–Kier alpha value is -2.15. The summed E-state index contributed by atoms with van der Waals surface area (Å²) in [6.07, 6.45) is 5.14. The summed E-state index contributed by atoms with van der Waals surface area (Å²) >= 11 is 1.18. The fourth-order valence-corrected chi connectivity index (χ4v) is 3.89. The van der Waals surface area contributed by atoms with Crippen LogP contribution < -0.4 is 4.90 Å². The maximum Gasteiger partial charge on any atom is 0.305 e. The third-order valence-corrected chi connectivity index (χ3v) is 5.14. The Balaban J connectivity index is 1.88. The zero-order chi connectivity index (χ0) is 16.9. The Labute approximate surface area is 144 Å². The van der Waals surface area contributed by atoms with Crippen molar-refractivity contribution in [3.63, 3.8) is 0 Å². The normalized spacial score (nSPS) is 22.9. The molecule has 0 radical (unpaired) electrons. The fourth-order valence-electron chi connectivity index (χ4n) is 2.81. The van der Waals surface area contributed by atoms with Gasteiger partial charge in [0.15, 0.2) is 5.17 Å². The second kappa shape index (κ2) is 7.61. The molecule has 6 nitrogen and oxygen atoms in total. The smallest absolute Gasteiger partial charge is 0.305 e. The van der Waals surface area contributed by atoms with Crippen LogP contribution in [-0.4, -0.2) is 33.1 Å². The summed E-state index contributed by atoms with van der Waals surface area (Å²) in [4.78, 5) is 25.1. The van der Waals surface area contributed by atoms with Gasteiger partial charge in [0.05, 0.1) is 12.1 Å². The van der Waals surface area contributed by atoms with E-state index in [2.05, 4.69) is 10.2 Å². The van der Waals surface area contributed by atoms with Gasteiger partial charge >= 0.3 is 5.97 Å². The lowest BCUT2D eigenvalue weighted by Crippen LogP contribution is -2.32. The van der Waals surface area contributed by atoms with Crippen LogP contribution in [0.3, 0.4) is 0 Å². The molecule has 1 amide bonds. The van der Waals surface area contributed by atoms with Gasteiger partial charge in [-0.2, -0.15) is 5.10 Å². The first-order chi connectivity index (χ1) is 11.6. The number of anilines is 1. The van der Waals surface area contributed by atoms with Crippen LogP contribution in [0.1, 0.15) is 38.5 Å². The third kappa shape index (κ3) is 3.84. The van der Waals surface area contributed by atoms with Crippen molar-refractivity contribution < 1.29 is 14.7 Å². The van der Waals surface area contributed by atoms with Gasteiger partial charge in [-0.3, -0.25) is 14.5 Å². The van der Waals surface area contributed by atoms with Crippen LogP contribution >= 0.6 is 11.8 Å². The first-order valence-electron chi connectivity index (χ1n) is 8.06. The molecule has 0 spiro atoms. The molecule has 1 aliphatic carbocycles. The predicted molar refractivity (Wildman–Crippen MR) is 95.5 cm³/mol. The van der Waals surface area contributed by atoms with E-state index in [1.807, 2.05) is 30.3 Å². The number of hydrogen-bond acceptors (Lipinski definition) is 5. The molecule has 1 atom stereocenters. The summed E-state index contributed by atoms with van der Waals surface area (Å²) < 4.78 is 0. The number of hydrogen-bond donors (Lipinski definition) is 1. The number of benzene rings is 1. The Morgan fingerprint density at radius 3 is 2.54 bits per heavy atom. The van der Waals surface area contributed by atoms with Crippen LogP contribution in [0, 0.1) is 0 Å². The van der Waals surface area contributed by atoms with Crippen LogP contribution in [0.5, 0.6) is 0 Å². The zero-order valence-electron chi connectivity index (χ0n) is 13.2. The maximum atomic E-state index is 12.6. The Morgan fingerprint density at radius 2 is 1.88 bits per heavy atom. The minimum atomic E-state index is -0.992. The van der Waals surface area contributed by atoms with E-state index in [1.54, 1.807) is 0 Å². The zero-order valence-corrected chi connectivity index (χ0v) is 14.0. The van der Waals surface area contributed by atoms with Crippen LogP contribution in [0.4, 0.5) is 5.69 Å². The number of carbonyl (C=O) groups excluding carboxylic acids is 1. The lowest BCUT2D eigenvalue weighted by Gasteiger charge is -2.16. The topological polar surface area (TPSA) is 82.3 Å². The number of carboxylic acid groups (broad SMARTS) is 1. The molecule has 1 saturated heterocycles. The van der Waals surface area contributed by atoms with Gasteiger partial charge in [0.1, 0.15) is 5.25 Å². The van der Waals surface area contributed by atoms with Crippen molar-refractivity contribution in [2.24, 2.45) is 10.2 Å². The maximum absolute atomic E-state index is 12.6. The van der Waals surface area contributed by atoms with E-state index in [-0.39, 0.29) is 12.3 Å². The van der Waals surface area contributed by atoms with Gasteiger partial charge in [-0.1, -0.05) is 36.4 Å². The highest BCUT2D eigenvalue weighted by atomic mass is 32.2. The second-order valence-electron chi connectivity index (χ2n) is 5.82. The molecular weight excluding hydrogens is 326 g/mol. The summed E-state index contributed by atoms with van der Waals surface area (Å²) in [6, 6.07) is 9.16. The molecule has 7 heteroatoms. The van der Waals surface area contributed by atoms with Gasteiger partial charge in [0, 0.05) is 5.71 Å². The van der Waals surface area contributed by atoms with E-state index >= 15 is 0 Å². The molecule has 0 bridgehead atoms. The van der Waals surface area contributed by atoms with Crippen molar-refractivity contribution in [3.8, 4) is 0 Å². The third-order valence-electron chi connectivity index (χ3n) is 4.02. The van der Waals surface area contributed by atoms with Crippen molar-refractivity contribution in [2.75, 3.05) is 4.90 Å². The van der Waals surface area contributed by atoms with Crippen molar-refractivity contribution in [2.45, 2.75) is 43.8 Å². The quantitative estimate of drug-likeness (QED) is 0.849. The Morgan fingerprint density at radius 1 is 1.17 bits per heavy atom. The van der Waals surface area contributed by atoms with Crippen molar-refractivity contribution >= 4 is 40.2 Å². The first kappa shape index (κ1) is 16.7. The molecule has 1 aromatic rings. The van der Waals surface area contributed by atoms with E-state index in [9.17, 15) is 9.59 Å². The molecular formula is C17H19N3O3S. The number of carboxylic acids is 1. The minimum absolute atomic E-state index is 0.220. The standard InChI is InChI=1S/C17H19N3O3S/c21-15(22)11-14-16(23)20(13-9-5-2-6-10-13)17(24-14)19-18-12-7-3-1-4-8-12/h2,5-6,9-10,14H,1,3-4,7-8,11H2,(H,21,22)/b19-17+/t14-/m1/s1. The highest BCUT2D eigenvalue weighted by Crippen LogP contribution is 2.33. The first-order valence-corrected chi connectivity index (χ1v) is 8.94. The molecule has 3 rings (SSSR count). The second-order valence-corrected chi connectivity index (χ2v) is 6.99. The van der Waals surface area contributed by atoms with Crippen LogP contribution in [0.15, 0.2) is 40.5 Å². The molecule has 2 fully saturated rings. The number of amidine groups is 1. The molecule has 1 aromatic carbocycles. The molecule has 0 aromatic heterocycles. The molecule has 24 heavy (non-hydrogen) atoms. The van der Waals surface area contributed by atoms with Gasteiger partial charge in [0.25, 0.3) is 0 Å². The highest BCUT2D eigenvalue weighted by Gasteiger charge is 2.40. The highest BCUT2D eigenvalue weighted by molar-refractivity contribution is 8.16. The van der Waals surface area contributed by atoms with Gasteiger partial charge in [-0.05, 0) is 37.8 Å². The molecule has 1 saturated carbocycles. The van der Waals surface area contributed by atoms with E-state index in [1.165, 1.54) is 23.1 Å². The van der Waals surface area contributed by atoms with Crippen LogP contribution in [-0.2, 0) is 9.59 Å². The molecule has 1 N–H and O–H groups in total. The van der Waals surface area contributed by atoms with E-state index in [0.29, 0.717) is 10.9 Å². The number of amides is 1. The van der Waals surface area contributed by atoms with Crippen molar-refractivity contribution in [3.05, 3.63) is 30.3 Å². The summed E-state index contributed by atoms with van der Waals surface area (Å²) in [6.45, 7) is 0. The molecule has 0 unspecified atom stereocenters. The number of nitrogens with zero attached hydrogens (tertiary/aromatic N) is 3. The van der Waals surface area contributed by atoms with Gasteiger partial charge in [0.2, 0.25) is 5.91 Å². The average molecular weight is 345 g/mol. The van der Waals surface area contributed by atoms with Crippen LogP contribution in [0.25, 0.3) is 0 Å². The van der Waals surface area contributed by atoms with Crippen molar-refractivity contribution in [1.82, 2.24) is 0 Å². The summed E-state index contributed by atoms with van der Waals surface area (Å²) in [5.41, 5.74) is 1.74. The van der Waals surface area contributed by atoms with E-state index in [4.69, 9.17) is 5.11 Å². The lowest BCUT2D eigenvalue weighted by atomic mass is 9.99. The summed E-state index contributed by atoms with van der Waals surface area (Å²) in [5.74, 6) is -1.25. The summed E-state index contributed by atoms with van der Waals surface area (Å²) in [7, 11) is 0. The van der Waals surface area contributed by atoms with E-state index < -0.39 is 11.2 Å². The number of para-hydroxylation sites is 1. The number of thioether (sulfide) groups is 1. The predicted octanol–water partition coefficient (Wildman–Crippen LogP) is 3.29. The molecule has 1 heterocycles. The van der Waals surface area contributed by atoms with E-state index in [0.717, 1.165) is 31.4 Å². The summed E-state index contributed by atoms with van der Waals surface area (Å²) in [5, 5.41) is 17.4. The number of carbonyl (C=O) groups is 2. The lowest BCUT2D eigenvalue weighted by molar-refractivity contribution is -0.138. The number of aliphatic carboxylic acids is 1. The Bertz CT molecular complexity index is 680. The van der Waals surface area contributed by atoms with Crippen molar-refractivity contribution in [1.29, 1.82) is 0 Å². The largest absolute Gasteiger partial charge is 0.481 e. The molecule has 2 aliphatic rings. The Kier molecular flexibility index (Phi) is 5.30. The van der Waals surface area contributed by atoms with Gasteiger partial charge in [-0.25, -0.2) is 0 Å². The monoisotopic (exact) mass is 345 g/mol. The molecule has 126 valence electrons. The fraction of sp³-hybridized carbons (Fsp3) is 0.412. The molecule has 1 aliphatic heterocycles. The van der Waals surface area contributed by atoms with Gasteiger partial charge in [-0.15, -0.1) is 5.10 Å². The SMILES string of the molecule is O=C(O)C[C@H]1S/C(=N/N=C2CCCCC2)N(c2ccccc2)C1=O. The average Bonchev–Trinajstić information content (AvgIpc) is 2.90. The minimum Gasteiger partial charge on any atom is -0.481 e. The van der Waals surface area contributed by atoms with Crippen LogP contribution in [0.2, 0.25) is 0 Å².